The Bertz CT molecular complexity index is 3000. The van der Waals surface area contributed by atoms with Gasteiger partial charge in [-0.2, -0.15) is 18.2 Å². The summed E-state index contributed by atoms with van der Waals surface area (Å²) in [6.45, 7) is 0. The Morgan fingerprint density at radius 2 is 1.48 bits per heavy atom. The number of hydrogen-bond donors (Lipinski definition) is 2. The summed E-state index contributed by atoms with van der Waals surface area (Å²) in [4.78, 5) is 78.3. The molecular formula is C49H33Cl2F3N4O6. The number of alkyl halides is 3. The number of benzene rings is 5. The van der Waals surface area contributed by atoms with E-state index in [4.69, 9.17) is 23.2 Å². The van der Waals surface area contributed by atoms with Crippen molar-refractivity contribution in [1.29, 1.82) is 0 Å². The van der Waals surface area contributed by atoms with Gasteiger partial charge in [-0.05, 0) is 83.6 Å². The molecule has 2 N–H and O–H groups in total. The van der Waals surface area contributed by atoms with Gasteiger partial charge in [0.2, 0.25) is 11.8 Å². The topological polar surface area (TPSA) is 137 Å². The third-order valence-electron chi connectivity index (χ3n) is 13.2. The van der Waals surface area contributed by atoms with Crippen molar-refractivity contribution >= 4 is 74.9 Å². The summed E-state index contributed by atoms with van der Waals surface area (Å²) in [5, 5.41) is 13.8. The maximum Gasteiger partial charge on any atom is 0.417 e. The van der Waals surface area contributed by atoms with Crippen molar-refractivity contribution in [3.63, 3.8) is 0 Å². The molecule has 15 heteroatoms. The molecular weight excluding hydrogens is 868 g/mol. The zero-order valence-electron chi connectivity index (χ0n) is 33.2. The summed E-state index contributed by atoms with van der Waals surface area (Å²) in [5.74, 6) is -8.55. The molecule has 4 amide bonds. The van der Waals surface area contributed by atoms with Crippen LogP contribution in [-0.4, -0.2) is 44.5 Å². The average Bonchev–Trinajstić information content (AvgIpc) is 3.67. The van der Waals surface area contributed by atoms with Crippen LogP contribution in [-0.2, 0) is 30.8 Å². The van der Waals surface area contributed by atoms with Gasteiger partial charge < -0.3 is 5.11 Å². The molecule has 2 saturated heterocycles. The van der Waals surface area contributed by atoms with E-state index in [9.17, 15) is 32.7 Å². The molecule has 0 bridgehead atoms. The van der Waals surface area contributed by atoms with Crippen LogP contribution >= 0.6 is 23.2 Å². The quantitative estimate of drug-likeness (QED) is 0.0919. The number of aromatic hydroxyl groups is 1. The van der Waals surface area contributed by atoms with E-state index in [0.29, 0.717) is 60.9 Å². The molecule has 10 nitrogen and oxygen atoms in total. The number of phenols is 1. The fourth-order valence-electron chi connectivity index (χ4n) is 10.5. The van der Waals surface area contributed by atoms with E-state index in [1.54, 1.807) is 97.1 Å². The molecule has 64 heavy (non-hydrogen) atoms. The number of imide groups is 2. The van der Waals surface area contributed by atoms with Crippen LogP contribution < -0.4 is 10.3 Å². The Hall–Kier alpha value is -6.83. The third-order valence-corrected chi connectivity index (χ3v) is 13.8. The summed E-state index contributed by atoms with van der Waals surface area (Å²) in [6.07, 6.45) is -2.45. The molecule has 5 aromatic carbocycles. The molecule has 10 rings (SSSR count). The largest absolute Gasteiger partial charge is 0.508 e. The van der Waals surface area contributed by atoms with Gasteiger partial charge in [-0.15, -0.1) is 0 Å². The van der Waals surface area contributed by atoms with Crippen LogP contribution in [0.2, 0.25) is 10.0 Å². The zero-order chi connectivity index (χ0) is 44.8. The Morgan fingerprint density at radius 3 is 2.19 bits per heavy atom. The SMILES string of the molecule is O=C(c1ccccc1)c1ccc(N2C(=O)C3CC=C4C(CC5C(=O)N(Nc6ncc(C(F)(F)F)cc6Cl)C(=O)C5(c5ccc(Cl)cc5)C4c4c(O)ccc5ccccc45)C3C2=O)cc1. The number of pyridine rings is 1. The highest BCUT2D eigenvalue weighted by Crippen LogP contribution is 2.65. The number of nitrogens with one attached hydrogen (secondary N) is 1. The molecule has 320 valence electrons. The van der Waals surface area contributed by atoms with Crippen molar-refractivity contribution in [1.82, 2.24) is 9.99 Å². The Labute approximate surface area is 372 Å². The zero-order valence-corrected chi connectivity index (χ0v) is 34.7. The van der Waals surface area contributed by atoms with E-state index in [-0.39, 0.29) is 30.1 Å². The Kier molecular flexibility index (Phi) is 9.76. The number of nitrogens with zero attached hydrogens (tertiary/aromatic N) is 3. The molecule has 4 aliphatic rings. The van der Waals surface area contributed by atoms with Crippen molar-refractivity contribution in [3.8, 4) is 5.75 Å². The van der Waals surface area contributed by atoms with Gasteiger partial charge in [-0.1, -0.05) is 108 Å². The van der Waals surface area contributed by atoms with E-state index in [1.165, 1.54) is 6.07 Å². The van der Waals surface area contributed by atoms with E-state index >= 15 is 9.59 Å². The molecule has 2 aliphatic carbocycles. The van der Waals surface area contributed by atoms with Crippen molar-refractivity contribution in [2.45, 2.75) is 30.4 Å². The van der Waals surface area contributed by atoms with Gasteiger partial charge in [0.15, 0.2) is 11.6 Å². The number of aromatic nitrogens is 1. The van der Waals surface area contributed by atoms with Crippen LogP contribution in [0.3, 0.4) is 0 Å². The van der Waals surface area contributed by atoms with Gasteiger partial charge in [0, 0.05) is 33.8 Å². The lowest BCUT2D eigenvalue weighted by Crippen LogP contribution is -2.53. The minimum absolute atomic E-state index is 0.0841. The van der Waals surface area contributed by atoms with Crippen LogP contribution in [0.25, 0.3) is 10.8 Å². The lowest BCUT2D eigenvalue weighted by Gasteiger charge is -2.51. The number of halogens is 5. The van der Waals surface area contributed by atoms with Crippen molar-refractivity contribution < 1.29 is 42.3 Å². The first-order valence-electron chi connectivity index (χ1n) is 20.3. The number of hydrogen-bond acceptors (Lipinski definition) is 8. The first kappa shape index (κ1) is 41.2. The summed E-state index contributed by atoms with van der Waals surface area (Å²) in [7, 11) is 0. The minimum atomic E-state index is -4.78. The Balaban J connectivity index is 1.12. The number of allylic oxidation sites excluding steroid dienone is 2. The number of hydrazine groups is 1. The summed E-state index contributed by atoms with van der Waals surface area (Å²) >= 11 is 12.7. The third kappa shape index (κ3) is 6.23. The van der Waals surface area contributed by atoms with Crippen molar-refractivity contribution in [2.75, 3.05) is 10.3 Å². The first-order chi connectivity index (χ1) is 30.7. The smallest absolute Gasteiger partial charge is 0.417 e. The number of carbonyl (C=O) groups excluding carboxylic acids is 5. The molecule has 1 saturated carbocycles. The molecule has 2 aliphatic heterocycles. The highest BCUT2D eigenvalue weighted by Gasteiger charge is 2.71. The highest BCUT2D eigenvalue weighted by atomic mass is 35.5. The number of phenolic OH excluding ortho intramolecular Hbond substituents is 1. The van der Waals surface area contributed by atoms with Crippen LogP contribution in [0.5, 0.6) is 5.75 Å². The van der Waals surface area contributed by atoms with Crippen LogP contribution in [0.15, 0.2) is 139 Å². The van der Waals surface area contributed by atoms with Gasteiger partial charge in [0.05, 0.1) is 39.4 Å². The van der Waals surface area contributed by atoms with Gasteiger partial charge >= 0.3 is 6.18 Å². The van der Waals surface area contributed by atoms with Crippen LogP contribution in [0.4, 0.5) is 24.7 Å². The van der Waals surface area contributed by atoms with Crippen molar-refractivity contribution in [2.24, 2.45) is 23.7 Å². The van der Waals surface area contributed by atoms with Crippen LogP contribution in [0, 0.1) is 23.7 Å². The predicted molar refractivity (Wildman–Crippen MR) is 231 cm³/mol. The second kappa shape index (κ2) is 15.2. The monoisotopic (exact) mass is 900 g/mol. The second-order valence-corrected chi connectivity index (χ2v) is 17.2. The predicted octanol–water partition coefficient (Wildman–Crippen LogP) is 9.69. The maximum absolute atomic E-state index is 15.6. The number of amides is 4. The molecule has 3 heterocycles. The minimum Gasteiger partial charge on any atom is -0.508 e. The lowest BCUT2D eigenvalue weighted by molar-refractivity contribution is -0.139. The van der Waals surface area contributed by atoms with E-state index in [0.717, 1.165) is 4.90 Å². The summed E-state index contributed by atoms with van der Waals surface area (Å²) in [5.41, 5.74) is 1.90. The van der Waals surface area contributed by atoms with Gasteiger partial charge in [-0.25, -0.2) is 4.98 Å². The maximum atomic E-state index is 15.6. The number of carbonyl (C=O) groups is 5. The molecule has 3 fully saturated rings. The molecule has 1 aromatic heterocycles. The fourth-order valence-corrected chi connectivity index (χ4v) is 10.8. The molecule has 0 spiro atoms. The molecule has 6 atom stereocenters. The van der Waals surface area contributed by atoms with E-state index < -0.39 is 81.2 Å². The second-order valence-electron chi connectivity index (χ2n) is 16.4. The van der Waals surface area contributed by atoms with Crippen LogP contribution in [0.1, 0.15) is 51.4 Å². The van der Waals surface area contributed by atoms with Gasteiger partial charge in [0.25, 0.3) is 11.8 Å². The lowest BCUT2D eigenvalue weighted by atomic mass is 9.48. The number of fused-ring (bicyclic) bond motifs is 5. The van der Waals surface area contributed by atoms with E-state index in [2.05, 4.69) is 10.4 Å². The standard InChI is InChI=1S/C49H33Cl2F3N4O6/c50-30-15-13-28(14-16-30)48-36(45(62)58(47(48)64)56-43-37(51)22-29(24-55-43)49(52,53)54)23-35-33(41(48)40-32-9-5-4-6-25(32)12-21-38(40)59)19-20-34-39(35)46(63)57(44(34)61)31-17-10-27(11-18-31)42(60)26-7-2-1-3-8-26/h1-19,21-22,24,34-36,39,41,59H,20,23H2,(H,55,56). The Morgan fingerprint density at radius 1 is 0.797 bits per heavy atom. The summed E-state index contributed by atoms with van der Waals surface area (Å²) < 4.78 is 40.9. The number of rotatable bonds is 7. The van der Waals surface area contributed by atoms with E-state index in [1.807, 2.05) is 18.2 Å². The highest BCUT2D eigenvalue weighted by molar-refractivity contribution is 6.33. The van der Waals surface area contributed by atoms with Gasteiger partial charge in [-0.3, -0.25) is 34.3 Å². The number of anilines is 2. The first-order valence-corrected chi connectivity index (χ1v) is 21.1. The van der Waals surface area contributed by atoms with Gasteiger partial charge in [0.1, 0.15) is 5.75 Å². The normalized spacial score (nSPS) is 24.1. The fraction of sp³-hybridized carbons (Fsp3) is 0.184. The molecule has 0 radical (unpaired) electrons. The molecule has 6 aromatic rings. The molecule has 6 unspecified atom stereocenters. The van der Waals surface area contributed by atoms with Crippen molar-refractivity contribution in [3.05, 3.63) is 177 Å². The average molecular weight is 902 g/mol. The summed E-state index contributed by atoms with van der Waals surface area (Å²) in [6, 6.07) is 32.3. The number of ketones is 1.